The SMILES string of the molecule is CC(C)(C)OC(=O)NC1CCN(n2c(-c3cccnc3N)nc3ccc(-c4cccc(C#N)c4)nc32)CC1. The molecule has 4 aromatic rings. The second kappa shape index (κ2) is 10.0. The summed E-state index contributed by atoms with van der Waals surface area (Å²) in [5.74, 6) is 1.03. The number of nitriles is 1. The molecule has 3 N–H and O–H groups in total. The van der Waals surface area contributed by atoms with Crippen molar-refractivity contribution >= 4 is 23.1 Å². The van der Waals surface area contributed by atoms with E-state index < -0.39 is 11.7 Å². The van der Waals surface area contributed by atoms with Gasteiger partial charge in [0.2, 0.25) is 0 Å². The molecule has 194 valence electrons. The molecule has 1 aliphatic heterocycles. The zero-order chi connectivity index (χ0) is 26.9. The highest BCUT2D eigenvalue weighted by Gasteiger charge is 2.27. The van der Waals surface area contributed by atoms with Gasteiger partial charge in [-0.2, -0.15) is 5.26 Å². The monoisotopic (exact) mass is 510 g/mol. The summed E-state index contributed by atoms with van der Waals surface area (Å²) in [4.78, 5) is 26.4. The fourth-order valence-electron chi connectivity index (χ4n) is 4.59. The van der Waals surface area contributed by atoms with Crippen molar-refractivity contribution in [3.63, 3.8) is 0 Å². The lowest BCUT2D eigenvalue weighted by atomic mass is 10.1. The van der Waals surface area contributed by atoms with Crippen LogP contribution in [0.25, 0.3) is 33.8 Å². The molecule has 0 radical (unpaired) electrons. The van der Waals surface area contributed by atoms with Crippen LogP contribution in [0, 0.1) is 11.3 Å². The molecule has 1 fully saturated rings. The van der Waals surface area contributed by atoms with Crippen molar-refractivity contribution in [3.05, 3.63) is 60.3 Å². The van der Waals surface area contributed by atoms with E-state index in [2.05, 4.69) is 21.4 Å². The first-order chi connectivity index (χ1) is 18.2. The maximum absolute atomic E-state index is 12.3. The Morgan fingerprint density at radius 3 is 2.63 bits per heavy atom. The molecule has 0 aliphatic carbocycles. The van der Waals surface area contributed by atoms with Crippen molar-refractivity contribution in [2.75, 3.05) is 23.8 Å². The lowest BCUT2D eigenvalue weighted by Gasteiger charge is -2.35. The van der Waals surface area contributed by atoms with Crippen LogP contribution in [0.5, 0.6) is 0 Å². The van der Waals surface area contributed by atoms with Crippen molar-refractivity contribution in [2.24, 2.45) is 0 Å². The lowest BCUT2D eigenvalue weighted by molar-refractivity contribution is 0.0495. The number of nitrogens with zero attached hydrogens (tertiary/aromatic N) is 6. The van der Waals surface area contributed by atoms with Crippen LogP contribution >= 0.6 is 0 Å². The summed E-state index contributed by atoms with van der Waals surface area (Å²) in [5, 5.41) is 14.5. The average molecular weight is 511 g/mol. The first-order valence-corrected chi connectivity index (χ1v) is 12.6. The van der Waals surface area contributed by atoms with E-state index in [1.54, 1.807) is 12.3 Å². The topological polar surface area (TPSA) is 135 Å². The lowest BCUT2D eigenvalue weighted by Crippen LogP contribution is -2.49. The van der Waals surface area contributed by atoms with Gasteiger partial charge in [-0.25, -0.2) is 24.4 Å². The summed E-state index contributed by atoms with van der Waals surface area (Å²) >= 11 is 0. The van der Waals surface area contributed by atoms with E-state index in [4.69, 9.17) is 20.4 Å². The Morgan fingerprint density at radius 2 is 1.92 bits per heavy atom. The number of piperidine rings is 1. The molecule has 1 saturated heterocycles. The van der Waals surface area contributed by atoms with Gasteiger partial charge >= 0.3 is 6.09 Å². The van der Waals surface area contributed by atoms with Gasteiger partial charge in [0, 0.05) is 30.9 Å². The zero-order valence-electron chi connectivity index (χ0n) is 21.7. The number of amides is 1. The minimum Gasteiger partial charge on any atom is -0.444 e. The normalized spacial score (nSPS) is 14.3. The maximum Gasteiger partial charge on any atom is 0.407 e. The number of anilines is 1. The molecule has 10 heteroatoms. The third-order valence-electron chi connectivity index (χ3n) is 6.32. The Kier molecular flexibility index (Phi) is 6.59. The van der Waals surface area contributed by atoms with Gasteiger partial charge in [-0.05, 0) is 70.0 Å². The van der Waals surface area contributed by atoms with Crippen LogP contribution in [0.2, 0.25) is 0 Å². The Labute approximate surface area is 221 Å². The number of nitrogens with one attached hydrogen (secondary N) is 1. The summed E-state index contributed by atoms with van der Waals surface area (Å²) in [6, 6.07) is 17.1. The summed E-state index contributed by atoms with van der Waals surface area (Å²) in [5.41, 5.74) is 9.99. The number of aromatic nitrogens is 4. The van der Waals surface area contributed by atoms with Gasteiger partial charge in [-0.15, -0.1) is 0 Å². The Bertz CT molecular complexity index is 1520. The smallest absolute Gasteiger partial charge is 0.407 e. The molecule has 1 aliphatic rings. The second-order valence-electron chi connectivity index (χ2n) is 10.3. The summed E-state index contributed by atoms with van der Waals surface area (Å²) in [6.07, 6.45) is 2.70. The molecule has 5 rings (SSSR count). The predicted octanol–water partition coefficient (Wildman–Crippen LogP) is 4.24. The third kappa shape index (κ3) is 5.22. The number of carbonyl (C=O) groups excluding carboxylic acids is 1. The van der Waals surface area contributed by atoms with Gasteiger partial charge in [0.15, 0.2) is 11.5 Å². The Hall–Kier alpha value is -4.65. The fourth-order valence-corrected chi connectivity index (χ4v) is 4.59. The van der Waals surface area contributed by atoms with Crippen LogP contribution in [0.4, 0.5) is 10.6 Å². The van der Waals surface area contributed by atoms with Crippen molar-refractivity contribution < 1.29 is 9.53 Å². The van der Waals surface area contributed by atoms with Crippen LogP contribution in [-0.4, -0.2) is 50.5 Å². The van der Waals surface area contributed by atoms with Crippen molar-refractivity contribution in [1.29, 1.82) is 5.26 Å². The van der Waals surface area contributed by atoms with Crippen molar-refractivity contribution in [2.45, 2.75) is 45.3 Å². The number of imidazole rings is 1. The molecule has 1 aromatic carbocycles. The Balaban J connectivity index is 1.50. The summed E-state index contributed by atoms with van der Waals surface area (Å²) in [7, 11) is 0. The van der Waals surface area contributed by atoms with Crippen LogP contribution in [-0.2, 0) is 4.74 Å². The number of pyridine rings is 2. The zero-order valence-corrected chi connectivity index (χ0v) is 21.7. The number of hydrogen-bond acceptors (Lipinski definition) is 8. The maximum atomic E-state index is 12.3. The fraction of sp³-hybridized carbons (Fsp3) is 0.321. The molecular formula is C28H30N8O2. The average Bonchev–Trinajstić information content (AvgIpc) is 3.27. The minimum atomic E-state index is -0.546. The molecule has 38 heavy (non-hydrogen) atoms. The van der Waals surface area contributed by atoms with Crippen LogP contribution in [0.1, 0.15) is 39.2 Å². The Morgan fingerprint density at radius 1 is 1.13 bits per heavy atom. The van der Waals surface area contributed by atoms with Gasteiger partial charge < -0.3 is 20.8 Å². The van der Waals surface area contributed by atoms with Crippen LogP contribution < -0.4 is 16.1 Å². The number of ether oxygens (including phenoxy) is 1. The number of nitrogen functional groups attached to an aromatic ring is 1. The number of carbonyl (C=O) groups is 1. The molecule has 0 saturated carbocycles. The van der Waals surface area contributed by atoms with Crippen LogP contribution in [0.3, 0.4) is 0 Å². The van der Waals surface area contributed by atoms with Crippen molar-refractivity contribution in [1.82, 2.24) is 24.9 Å². The summed E-state index contributed by atoms with van der Waals surface area (Å²) in [6.45, 7) is 6.87. The van der Waals surface area contributed by atoms with Gasteiger partial charge in [-0.1, -0.05) is 12.1 Å². The molecule has 0 unspecified atom stereocenters. The van der Waals surface area contributed by atoms with Gasteiger partial charge in [0.1, 0.15) is 16.9 Å². The molecular weight excluding hydrogens is 480 g/mol. The van der Waals surface area contributed by atoms with Gasteiger partial charge in [0.25, 0.3) is 0 Å². The second-order valence-corrected chi connectivity index (χ2v) is 10.3. The molecule has 0 bridgehead atoms. The molecule has 1 amide bonds. The number of alkyl carbamates (subject to hydrolysis) is 1. The van der Waals surface area contributed by atoms with Crippen LogP contribution in [0.15, 0.2) is 54.7 Å². The quantitative estimate of drug-likeness (QED) is 0.416. The van der Waals surface area contributed by atoms with E-state index in [1.165, 1.54) is 0 Å². The number of nitrogens with two attached hydrogens (primary N) is 1. The van der Waals surface area contributed by atoms with E-state index in [1.807, 2.05) is 67.9 Å². The van der Waals surface area contributed by atoms with E-state index >= 15 is 0 Å². The van der Waals surface area contributed by atoms with E-state index in [-0.39, 0.29) is 6.04 Å². The van der Waals surface area contributed by atoms with E-state index in [0.29, 0.717) is 41.5 Å². The number of fused-ring (bicyclic) bond motifs is 1. The highest BCUT2D eigenvalue weighted by atomic mass is 16.6. The van der Waals surface area contributed by atoms with Crippen molar-refractivity contribution in [3.8, 4) is 28.7 Å². The number of benzene rings is 1. The van der Waals surface area contributed by atoms with E-state index in [9.17, 15) is 10.1 Å². The van der Waals surface area contributed by atoms with Gasteiger partial charge in [0.05, 0.1) is 22.9 Å². The van der Waals surface area contributed by atoms with Gasteiger partial charge in [-0.3, -0.25) is 0 Å². The predicted molar refractivity (Wildman–Crippen MR) is 146 cm³/mol. The highest BCUT2D eigenvalue weighted by molar-refractivity contribution is 5.83. The third-order valence-corrected chi connectivity index (χ3v) is 6.32. The molecule has 0 spiro atoms. The molecule has 10 nitrogen and oxygen atoms in total. The first-order valence-electron chi connectivity index (χ1n) is 12.6. The highest BCUT2D eigenvalue weighted by Crippen LogP contribution is 2.30. The largest absolute Gasteiger partial charge is 0.444 e. The molecule has 4 heterocycles. The number of hydrogen-bond donors (Lipinski definition) is 2. The standard InChI is InChI=1S/C28H30N8O2/c1-28(2,3)38-27(37)32-20-11-14-35(15-12-20)36-25(21-8-5-13-31-24(21)30)34-23-10-9-22(33-26(23)36)19-7-4-6-18(16-19)17-29/h4-10,13,16,20H,11-12,14-15H2,1-3H3,(H2,30,31)(H,32,37). The first kappa shape index (κ1) is 25.0. The molecule has 0 atom stereocenters. The van der Waals surface area contributed by atoms with E-state index in [0.717, 1.165) is 29.6 Å². The minimum absolute atomic E-state index is 0.0000358. The summed E-state index contributed by atoms with van der Waals surface area (Å²) < 4.78 is 7.43. The number of rotatable bonds is 4. The molecule has 3 aromatic heterocycles.